The van der Waals surface area contributed by atoms with Gasteiger partial charge in [0.1, 0.15) is 6.61 Å². The number of ether oxygens (including phenoxy) is 1. The lowest BCUT2D eigenvalue weighted by Crippen LogP contribution is -2.52. The summed E-state index contributed by atoms with van der Waals surface area (Å²) in [5.74, 6) is -0.0212. The molecule has 2 aliphatic carbocycles. The summed E-state index contributed by atoms with van der Waals surface area (Å²) >= 11 is 0. The number of carbonyl (C=O) groups is 1. The lowest BCUT2D eigenvalue weighted by Gasteiger charge is -2.55. The van der Waals surface area contributed by atoms with Gasteiger partial charge >= 0.3 is 5.97 Å². The molecule has 3 rings (SSSR count). The average molecular weight is 246 g/mol. The van der Waals surface area contributed by atoms with Crippen molar-refractivity contribution in [2.75, 3.05) is 0 Å². The molecule has 0 unspecified atom stereocenters. The Bertz CT molecular complexity index is 426. The number of aliphatic hydroxyl groups is 1. The van der Waals surface area contributed by atoms with Crippen molar-refractivity contribution in [1.82, 2.24) is 0 Å². The Hall–Kier alpha value is -1.35. The molecule has 0 heterocycles. The molecule has 0 amide bonds. The first-order valence-electron chi connectivity index (χ1n) is 6.56. The molecule has 0 aliphatic heterocycles. The van der Waals surface area contributed by atoms with Gasteiger partial charge < -0.3 is 9.84 Å². The first kappa shape index (κ1) is 11.7. The van der Waals surface area contributed by atoms with Crippen molar-refractivity contribution in [2.45, 2.75) is 38.4 Å². The standard InChI is InChI=1S/C15H18O3/c16-13-8-15(9-13)6-12(7-15)14(17)18-10-11-4-2-1-3-5-11/h1-5,12-13,16H,6-10H2. The predicted octanol–water partition coefficient (Wildman–Crippen LogP) is 2.28. The molecule has 2 fully saturated rings. The second-order valence-corrected chi connectivity index (χ2v) is 5.76. The Morgan fingerprint density at radius 3 is 2.50 bits per heavy atom. The van der Waals surface area contributed by atoms with Crippen molar-refractivity contribution in [3.63, 3.8) is 0 Å². The van der Waals surface area contributed by atoms with Gasteiger partial charge in [-0.2, -0.15) is 0 Å². The summed E-state index contributed by atoms with van der Waals surface area (Å²) in [6.45, 7) is 0.367. The topological polar surface area (TPSA) is 46.5 Å². The van der Waals surface area contributed by atoms with E-state index in [1.165, 1.54) is 0 Å². The molecule has 0 radical (unpaired) electrons. The van der Waals surface area contributed by atoms with Crippen LogP contribution in [0, 0.1) is 11.3 Å². The van der Waals surface area contributed by atoms with Crippen LogP contribution in [-0.4, -0.2) is 17.2 Å². The summed E-state index contributed by atoms with van der Waals surface area (Å²) in [7, 11) is 0. The molecule has 18 heavy (non-hydrogen) atoms. The molecule has 1 aromatic rings. The van der Waals surface area contributed by atoms with Gasteiger partial charge in [-0.3, -0.25) is 4.79 Å². The Labute approximate surface area is 107 Å². The highest BCUT2D eigenvalue weighted by Crippen LogP contribution is 2.58. The van der Waals surface area contributed by atoms with Crippen LogP contribution in [0.25, 0.3) is 0 Å². The number of hydrogen-bond acceptors (Lipinski definition) is 3. The number of rotatable bonds is 3. The average Bonchev–Trinajstić information content (AvgIpc) is 2.30. The Morgan fingerprint density at radius 2 is 1.89 bits per heavy atom. The second-order valence-electron chi connectivity index (χ2n) is 5.76. The van der Waals surface area contributed by atoms with Crippen molar-refractivity contribution >= 4 is 5.97 Å². The van der Waals surface area contributed by atoms with Gasteiger partial charge in [0.15, 0.2) is 0 Å². The van der Waals surface area contributed by atoms with E-state index in [1.807, 2.05) is 30.3 Å². The Morgan fingerprint density at radius 1 is 1.22 bits per heavy atom. The monoisotopic (exact) mass is 246 g/mol. The van der Waals surface area contributed by atoms with E-state index in [9.17, 15) is 9.90 Å². The molecular weight excluding hydrogens is 228 g/mol. The molecule has 0 aromatic heterocycles. The Balaban J connectivity index is 1.44. The fourth-order valence-electron chi connectivity index (χ4n) is 3.27. The molecule has 0 saturated heterocycles. The van der Waals surface area contributed by atoms with Gasteiger partial charge in [-0.1, -0.05) is 30.3 Å². The highest BCUT2D eigenvalue weighted by molar-refractivity contribution is 5.74. The van der Waals surface area contributed by atoms with E-state index in [0.717, 1.165) is 31.2 Å². The number of hydrogen-bond donors (Lipinski definition) is 1. The van der Waals surface area contributed by atoms with E-state index >= 15 is 0 Å². The van der Waals surface area contributed by atoms with Gasteiger partial charge in [0, 0.05) is 0 Å². The van der Waals surface area contributed by atoms with E-state index in [0.29, 0.717) is 6.61 Å². The molecule has 3 nitrogen and oxygen atoms in total. The summed E-state index contributed by atoms with van der Waals surface area (Å²) in [6.07, 6.45) is 3.41. The number of carbonyl (C=O) groups excluding carboxylic acids is 1. The lowest BCUT2D eigenvalue weighted by molar-refractivity contribution is -0.170. The largest absolute Gasteiger partial charge is 0.461 e. The van der Waals surface area contributed by atoms with Crippen molar-refractivity contribution < 1.29 is 14.6 Å². The third kappa shape index (κ3) is 2.15. The number of aliphatic hydroxyl groups excluding tert-OH is 1. The van der Waals surface area contributed by atoms with Gasteiger partial charge in [0.25, 0.3) is 0 Å². The fraction of sp³-hybridized carbons (Fsp3) is 0.533. The van der Waals surface area contributed by atoms with Gasteiger partial charge in [0.2, 0.25) is 0 Å². The molecule has 3 heteroatoms. The van der Waals surface area contributed by atoms with Crippen LogP contribution in [0.1, 0.15) is 31.2 Å². The van der Waals surface area contributed by atoms with Crippen LogP contribution in [0.2, 0.25) is 0 Å². The molecule has 96 valence electrons. The SMILES string of the molecule is O=C(OCc1ccccc1)C1CC2(CC(O)C2)C1. The first-order valence-corrected chi connectivity index (χ1v) is 6.56. The van der Waals surface area contributed by atoms with E-state index in [2.05, 4.69) is 0 Å². The molecule has 2 aliphatic rings. The van der Waals surface area contributed by atoms with Gasteiger partial charge in [-0.05, 0) is 36.7 Å². The molecule has 0 bridgehead atoms. The molecule has 1 spiro atoms. The summed E-state index contributed by atoms with van der Waals surface area (Å²) in [4.78, 5) is 11.8. The van der Waals surface area contributed by atoms with E-state index < -0.39 is 0 Å². The fourth-order valence-corrected chi connectivity index (χ4v) is 3.27. The van der Waals surface area contributed by atoms with Crippen LogP contribution in [0.4, 0.5) is 0 Å². The third-order valence-electron chi connectivity index (χ3n) is 4.25. The summed E-state index contributed by atoms with van der Waals surface area (Å²) in [5.41, 5.74) is 1.30. The zero-order valence-corrected chi connectivity index (χ0v) is 10.3. The van der Waals surface area contributed by atoms with Crippen molar-refractivity contribution in [1.29, 1.82) is 0 Å². The lowest BCUT2D eigenvalue weighted by atomic mass is 9.51. The maximum Gasteiger partial charge on any atom is 0.309 e. The first-order chi connectivity index (χ1) is 8.67. The quantitative estimate of drug-likeness (QED) is 0.832. The normalized spacial score (nSPS) is 33.6. The van der Waals surface area contributed by atoms with Gasteiger partial charge in [-0.25, -0.2) is 0 Å². The van der Waals surface area contributed by atoms with Gasteiger partial charge in [-0.15, -0.1) is 0 Å². The van der Waals surface area contributed by atoms with Crippen molar-refractivity contribution in [3.05, 3.63) is 35.9 Å². The highest BCUT2D eigenvalue weighted by atomic mass is 16.5. The van der Waals surface area contributed by atoms with E-state index in [1.54, 1.807) is 0 Å². The van der Waals surface area contributed by atoms with Crippen LogP contribution in [-0.2, 0) is 16.1 Å². The molecule has 1 N–H and O–H groups in total. The van der Waals surface area contributed by atoms with Crippen LogP contribution >= 0.6 is 0 Å². The maximum absolute atomic E-state index is 11.8. The van der Waals surface area contributed by atoms with Gasteiger partial charge in [0.05, 0.1) is 12.0 Å². The Kier molecular flexibility index (Phi) is 2.86. The van der Waals surface area contributed by atoms with Crippen molar-refractivity contribution in [2.24, 2.45) is 11.3 Å². The van der Waals surface area contributed by atoms with Crippen LogP contribution in [0.15, 0.2) is 30.3 Å². The van der Waals surface area contributed by atoms with E-state index in [-0.39, 0.29) is 23.4 Å². The molecule has 0 atom stereocenters. The molecule has 2 saturated carbocycles. The van der Waals surface area contributed by atoms with E-state index in [4.69, 9.17) is 4.74 Å². The smallest absolute Gasteiger partial charge is 0.309 e. The number of esters is 1. The highest BCUT2D eigenvalue weighted by Gasteiger charge is 2.54. The second kappa shape index (κ2) is 4.39. The minimum Gasteiger partial charge on any atom is -0.461 e. The van der Waals surface area contributed by atoms with Crippen LogP contribution < -0.4 is 0 Å². The molecular formula is C15H18O3. The number of benzene rings is 1. The third-order valence-corrected chi connectivity index (χ3v) is 4.25. The summed E-state index contributed by atoms with van der Waals surface area (Å²) < 4.78 is 5.32. The predicted molar refractivity (Wildman–Crippen MR) is 66.6 cm³/mol. The van der Waals surface area contributed by atoms with Crippen LogP contribution in [0.5, 0.6) is 0 Å². The maximum atomic E-state index is 11.8. The summed E-state index contributed by atoms with van der Waals surface area (Å²) in [6, 6.07) is 9.74. The molecule has 1 aromatic carbocycles. The minimum absolute atomic E-state index is 0.0567. The van der Waals surface area contributed by atoms with Crippen LogP contribution in [0.3, 0.4) is 0 Å². The van der Waals surface area contributed by atoms with Crippen molar-refractivity contribution in [3.8, 4) is 0 Å². The minimum atomic E-state index is -0.133. The summed E-state index contributed by atoms with van der Waals surface area (Å²) in [5, 5.41) is 9.31. The zero-order chi connectivity index (χ0) is 12.6. The zero-order valence-electron chi connectivity index (χ0n) is 10.3.